The van der Waals surface area contributed by atoms with E-state index in [1.165, 1.54) is 29.5 Å². The van der Waals surface area contributed by atoms with E-state index in [1.54, 1.807) is 0 Å². The fraction of sp³-hybridized carbons (Fsp3) is 0.417. The van der Waals surface area contributed by atoms with Crippen molar-refractivity contribution >= 4 is 23.2 Å². The van der Waals surface area contributed by atoms with Crippen molar-refractivity contribution in [3.8, 4) is 0 Å². The summed E-state index contributed by atoms with van der Waals surface area (Å²) in [5.74, 6) is 0.520. The Bertz CT molecular complexity index is 870. The van der Waals surface area contributed by atoms with Crippen molar-refractivity contribution in [2.75, 3.05) is 30.9 Å². The third kappa shape index (κ3) is 5.83. The molecule has 2 N–H and O–H groups in total. The number of aryl methyl sites for hydroxylation is 2. The molecule has 1 unspecified atom stereocenters. The van der Waals surface area contributed by atoms with Gasteiger partial charge in [0.1, 0.15) is 0 Å². The summed E-state index contributed by atoms with van der Waals surface area (Å²) in [4.78, 5) is 26.7. The Morgan fingerprint density at radius 3 is 2.28 bits per heavy atom. The fourth-order valence-corrected chi connectivity index (χ4v) is 3.55. The molecule has 0 aliphatic heterocycles. The molecule has 5 nitrogen and oxygen atoms in total. The van der Waals surface area contributed by atoms with E-state index in [1.807, 2.05) is 43.3 Å². The van der Waals surface area contributed by atoms with Crippen LogP contribution in [-0.4, -0.2) is 32.5 Å². The minimum absolute atomic E-state index is 0.0153. The second-order valence-corrected chi connectivity index (χ2v) is 8.26. The Kier molecular flexibility index (Phi) is 6.57. The Balaban J connectivity index is 1.51. The number of anilines is 2. The molecule has 1 aliphatic carbocycles. The van der Waals surface area contributed by atoms with Crippen LogP contribution in [0.2, 0.25) is 0 Å². The molecule has 5 heteroatoms. The van der Waals surface area contributed by atoms with Crippen LogP contribution < -0.4 is 15.5 Å². The van der Waals surface area contributed by atoms with Gasteiger partial charge in [-0.2, -0.15) is 0 Å². The van der Waals surface area contributed by atoms with Crippen molar-refractivity contribution in [3.63, 3.8) is 0 Å². The average Bonchev–Trinajstić information content (AvgIpc) is 3.52. The molecule has 1 fully saturated rings. The van der Waals surface area contributed by atoms with Crippen LogP contribution in [-0.2, 0) is 9.59 Å². The Morgan fingerprint density at radius 1 is 1.00 bits per heavy atom. The highest BCUT2D eigenvalue weighted by atomic mass is 16.2. The highest BCUT2D eigenvalue weighted by Crippen LogP contribution is 2.44. The minimum atomic E-state index is -0.217. The van der Waals surface area contributed by atoms with E-state index in [0.717, 1.165) is 11.4 Å². The SMILES string of the molecule is Cc1ccc(C(CC(=O)NCC(=O)Nc2ccc(N(C)C)cc2)C2CC2)cc1C. The summed E-state index contributed by atoms with van der Waals surface area (Å²) in [5.41, 5.74) is 5.54. The highest BCUT2D eigenvalue weighted by Gasteiger charge is 2.33. The first-order valence-electron chi connectivity index (χ1n) is 10.2. The van der Waals surface area contributed by atoms with Crippen molar-refractivity contribution in [1.82, 2.24) is 5.32 Å². The number of rotatable bonds is 8. The van der Waals surface area contributed by atoms with Crippen molar-refractivity contribution < 1.29 is 9.59 Å². The maximum absolute atomic E-state index is 12.5. The lowest BCUT2D eigenvalue weighted by Crippen LogP contribution is -2.33. The molecule has 0 aromatic heterocycles. The van der Waals surface area contributed by atoms with Gasteiger partial charge in [-0.15, -0.1) is 0 Å². The summed E-state index contributed by atoms with van der Waals surface area (Å²) in [5, 5.41) is 5.61. The van der Waals surface area contributed by atoms with Gasteiger partial charge in [-0.3, -0.25) is 9.59 Å². The first-order valence-corrected chi connectivity index (χ1v) is 10.2. The molecule has 0 radical (unpaired) electrons. The lowest BCUT2D eigenvalue weighted by molar-refractivity contribution is -0.124. The number of benzene rings is 2. The largest absolute Gasteiger partial charge is 0.378 e. The number of hydrogen-bond donors (Lipinski definition) is 2. The lowest BCUT2D eigenvalue weighted by Gasteiger charge is -2.18. The van der Waals surface area contributed by atoms with Crippen LogP contribution in [0.5, 0.6) is 0 Å². The lowest BCUT2D eigenvalue weighted by atomic mass is 9.89. The van der Waals surface area contributed by atoms with E-state index in [9.17, 15) is 9.59 Å². The number of nitrogens with one attached hydrogen (secondary N) is 2. The van der Waals surface area contributed by atoms with Gasteiger partial charge in [0, 0.05) is 31.9 Å². The van der Waals surface area contributed by atoms with E-state index in [4.69, 9.17) is 0 Å². The molecule has 0 bridgehead atoms. The molecule has 2 amide bonds. The third-order valence-corrected chi connectivity index (χ3v) is 5.67. The quantitative estimate of drug-likeness (QED) is 0.712. The van der Waals surface area contributed by atoms with Crippen molar-refractivity contribution in [3.05, 3.63) is 59.2 Å². The van der Waals surface area contributed by atoms with E-state index < -0.39 is 0 Å². The van der Waals surface area contributed by atoms with Crippen LogP contribution in [0.15, 0.2) is 42.5 Å². The van der Waals surface area contributed by atoms with Gasteiger partial charge in [0.15, 0.2) is 0 Å². The maximum Gasteiger partial charge on any atom is 0.243 e. The van der Waals surface area contributed by atoms with E-state index in [0.29, 0.717) is 12.3 Å². The zero-order chi connectivity index (χ0) is 21.0. The molecular formula is C24H31N3O2. The molecule has 1 saturated carbocycles. The summed E-state index contributed by atoms with van der Waals surface area (Å²) < 4.78 is 0. The number of hydrogen-bond acceptors (Lipinski definition) is 3. The van der Waals surface area contributed by atoms with Gasteiger partial charge in [-0.05, 0) is 79.5 Å². The molecular weight excluding hydrogens is 362 g/mol. The topological polar surface area (TPSA) is 61.4 Å². The maximum atomic E-state index is 12.5. The van der Waals surface area contributed by atoms with E-state index in [2.05, 4.69) is 42.7 Å². The van der Waals surface area contributed by atoms with Crippen LogP contribution in [0.1, 0.15) is 41.9 Å². The predicted octanol–water partition coefficient (Wildman–Crippen LogP) is 4.01. The standard InChI is InChI=1S/C24H31N3O2/c1-16-5-6-19(13-17(16)2)22(18-7-8-18)14-23(28)25-15-24(29)26-20-9-11-21(12-10-20)27(3)4/h5-6,9-13,18,22H,7-8,14-15H2,1-4H3,(H,25,28)(H,26,29). The third-order valence-electron chi connectivity index (χ3n) is 5.67. The second-order valence-electron chi connectivity index (χ2n) is 8.26. The summed E-state index contributed by atoms with van der Waals surface area (Å²) in [6.45, 7) is 4.20. The van der Waals surface area contributed by atoms with Crippen LogP contribution in [0.25, 0.3) is 0 Å². The van der Waals surface area contributed by atoms with Gasteiger partial charge >= 0.3 is 0 Å². The van der Waals surface area contributed by atoms with Gasteiger partial charge in [-0.1, -0.05) is 18.2 Å². The molecule has 0 heterocycles. The number of nitrogens with zero attached hydrogens (tertiary/aromatic N) is 1. The van der Waals surface area contributed by atoms with E-state index >= 15 is 0 Å². The number of amides is 2. The minimum Gasteiger partial charge on any atom is -0.378 e. The zero-order valence-corrected chi connectivity index (χ0v) is 17.8. The van der Waals surface area contributed by atoms with Gasteiger partial charge in [0.2, 0.25) is 11.8 Å². The Morgan fingerprint density at radius 2 is 1.69 bits per heavy atom. The Labute approximate surface area is 173 Å². The molecule has 29 heavy (non-hydrogen) atoms. The second kappa shape index (κ2) is 9.12. The predicted molar refractivity (Wildman–Crippen MR) is 118 cm³/mol. The number of carbonyl (C=O) groups excluding carboxylic acids is 2. The van der Waals surface area contributed by atoms with Gasteiger partial charge in [-0.25, -0.2) is 0 Å². The Hall–Kier alpha value is -2.82. The van der Waals surface area contributed by atoms with Crippen molar-refractivity contribution in [1.29, 1.82) is 0 Å². The summed E-state index contributed by atoms with van der Waals surface area (Å²) >= 11 is 0. The summed E-state index contributed by atoms with van der Waals surface area (Å²) in [7, 11) is 3.94. The molecule has 3 rings (SSSR count). The summed E-state index contributed by atoms with van der Waals surface area (Å²) in [6, 6.07) is 14.1. The van der Waals surface area contributed by atoms with Crippen molar-refractivity contribution in [2.45, 2.75) is 39.0 Å². The fourth-order valence-electron chi connectivity index (χ4n) is 3.55. The molecule has 1 aliphatic rings. The number of carbonyl (C=O) groups is 2. The first kappa shape index (κ1) is 20.9. The van der Waals surface area contributed by atoms with Crippen LogP contribution in [0.3, 0.4) is 0 Å². The monoisotopic (exact) mass is 393 g/mol. The molecule has 1 atom stereocenters. The molecule has 2 aromatic rings. The van der Waals surface area contributed by atoms with Gasteiger partial charge in [0.05, 0.1) is 6.54 Å². The average molecular weight is 394 g/mol. The summed E-state index contributed by atoms with van der Waals surface area (Å²) in [6.07, 6.45) is 2.78. The van der Waals surface area contributed by atoms with Crippen LogP contribution >= 0.6 is 0 Å². The van der Waals surface area contributed by atoms with Gasteiger partial charge in [0.25, 0.3) is 0 Å². The zero-order valence-electron chi connectivity index (χ0n) is 17.8. The molecule has 0 spiro atoms. The first-order chi connectivity index (χ1) is 13.8. The van der Waals surface area contributed by atoms with E-state index in [-0.39, 0.29) is 24.3 Å². The van der Waals surface area contributed by atoms with Crippen LogP contribution in [0, 0.1) is 19.8 Å². The molecule has 154 valence electrons. The van der Waals surface area contributed by atoms with Gasteiger partial charge < -0.3 is 15.5 Å². The van der Waals surface area contributed by atoms with Crippen LogP contribution in [0.4, 0.5) is 11.4 Å². The normalized spacial score (nSPS) is 14.2. The van der Waals surface area contributed by atoms with Crippen molar-refractivity contribution in [2.24, 2.45) is 5.92 Å². The molecule has 0 saturated heterocycles. The smallest absolute Gasteiger partial charge is 0.243 e. The molecule has 2 aromatic carbocycles. The highest BCUT2D eigenvalue weighted by molar-refractivity contribution is 5.94.